The zero-order chi connectivity index (χ0) is 21.7. The van der Waals surface area contributed by atoms with Gasteiger partial charge in [-0.2, -0.15) is 0 Å². The van der Waals surface area contributed by atoms with Crippen molar-refractivity contribution in [3.8, 4) is 0 Å². The third-order valence-corrected chi connectivity index (χ3v) is 5.64. The van der Waals surface area contributed by atoms with Crippen molar-refractivity contribution in [1.29, 1.82) is 0 Å². The van der Waals surface area contributed by atoms with E-state index in [1.807, 2.05) is 45.0 Å². The first-order valence-electron chi connectivity index (χ1n) is 9.54. The Kier molecular flexibility index (Phi) is 6.90. The number of anilines is 2. The molecule has 6 heteroatoms. The van der Waals surface area contributed by atoms with Crippen molar-refractivity contribution < 1.29 is 14.0 Å². The van der Waals surface area contributed by atoms with Crippen molar-refractivity contribution in [3.05, 3.63) is 89.2 Å². The highest BCUT2D eigenvalue weighted by Gasteiger charge is 2.16. The van der Waals surface area contributed by atoms with Crippen molar-refractivity contribution >= 4 is 35.0 Å². The fourth-order valence-corrected chi connectivity index (χ4v) is 3.78. The van der Waals surface area contributed by atoms with E-state index in [1.165, 1.54) is 30.0 Å². The number of nitrogens with one attached hydrogen (secondary N) is 2. The van der Waals surface area contributed by atoms with Gasteiger partial charge in [-0.25, -0.2) is 4.39 Å². The standard InChI is InChI=1S/C24H23FN2O2S/c1-15-11-12-16(2)22(13-15)27-23(28)17(3)30-19-8-6-7-18(14-19)26-24(29)20-9-4-5-10-21(20)25/h4-14,17H,1-3H3,(H,26,29)(H,27,28). The maximum absolute atomic E-state index is 13.8. The Labute approximate surface area is 179 Å². The average Bonchev–Trinajstić information content (AvgIpc) is 2.71. The van der Waals surface area contributed by atoms with Crippen LogP contribution < -0.4 is 10.6 Å². The van der Waals surface area contributed by atoms with Crippen LogP contribution in [-0.4, -0.2) is 17.1 Å². The van der Waals surface area contributed by atoms with Crippen molar-refractivity contribution in [1.82, 2.24) is 0 Å². The maximum atomic E-state index is 13.8. The number of carbonyl (C=O) groups is 2. The minimum absolute atomic E-state index is 0.0168. The molecule has 30 heavy (non-hydrogen) atoms. The van der Waals surface area contributed by atoms with Gasteiger partial charge in [-0.1, -0.05) is 30.3 Å². The zero-order valence-electron chi connectivity index (χ0n) is 17.0. The Hall–Kier alpha value is -3.12. The zero-order valence-corrected chi connectivity index (χ0v) is 17.8. The molecule has 0 radical (unpaired) electrons. The molecule has 154 valence electrons. The topological polar surface area (TPSA) is 58.2 Å². The second-order valence-corrected chi connectivity index (χ2v) is 8.44. The van der Waals surface area contributed by atoms with Gasteiger partial charge in [-0.15, -0.1) is 11.8 Å². The Morgan fingerprint density at radius 1 is 0.933 bits per heavy atom. The van der Waals surface area contributed by atoms with Gasteiger partial charge < -0.3 is 10.6 Å². The van der Waals surface area contributed by atoms with Crippen LogP contribution in [0.3, 0.4) is 0 Å². The first-order chi connectivity index (χ1) is 14.3. The van der Waals surface area contributed by atoms with E-state index in [0.717, 1.165) is 21.7 Å². The van der Waals surface area contributed by atoms with Gasteiger partial charge >= 0.3 is 0 Å². The van der Waals surface area contributed by atoms with Gasteiger partial charge in [0, 0.05) is 16.3 Å². The lowest BCUT2D eigenvalue weighted by atomic mass is 10.1. The van der Waals surface area contributed by atoms with Crippen LogP contribution in [0.25, 0.3) is 0 Å². The summed E-state index contributed by atoms with van der Waals surface area (Å²) in [5, 5.41) is 5.33. The minimum atomic E-state index is -0.572. The smallest absolute Gasteiger partial charge is 0.258 e. The molecule has 0 aromatic heterocycles. The van der Waals surface area contributed by atoms with Crippen LogP contribution in [0, 0.1) is 19.7 Å². The molecule has 3 rings (SSSR count). The Bertz CT molecular complexity index is 1080. The summed E-state index contributed by atoms with van der Waals surface area (Å²) >= 11 is 1.38. The van der Waals surface area contributed by atoms with Crippen LogP contribution in [0.5, 0.6) is 0 Å². The molecule has 3 aromatic rings. The summed E-state index contributed by atoms with van der Waals surface area (Å²) in [6.07, 6.45) is 0. The summed E-state index contributed by atoms with van der Waals surface area (Å²) in [6.45, 7) is 5.76. The molecule has 2 N–H and O–H groups in total. The SMILES string of the molecule is Cc1ccc(C)c(NC(=O)C(C)Sc2cccc(NC(=O)c3ccccc3F)c2)c1. The van der Waals surface area contributed by atoms with Gasteiger partial charge in [0.05, 0.1) is 10.8 Å². The highest BCUT2D eigenvalue weighted by Crippen LogP contribution is 2.27. The summed E-state index contributed by atoms with van der Waals surface area (Å²) in [5.41, 5.74) is 3.41. The molecule has 0 fully saturated rings. The molecular formula is C24H23FN2O2S. The van der Waals surface area contributed by atoms with E-state index >= 15 is 0 Å². The molecule has 0 aliphatic carbocycles. The number of hydrogen-bond acceptors (Lipinski definition) is 3. The third kappa shape index (κ3) is 5.48. The van der Waals surface area contributed by atoms with Gasteiger partial charge in [-0.05, 0) is 68.3 Å². The van der Waals surface area contributed by atoms with Gasteiger partial charge in [-0.3, -0.25) is 9.59 Å². The van der Waals surface area contributed by atoms with E-state index in [4.69, 9.17) is 0 Å². The average molecular weight is 423 g/mol. The quantitative estimate of drug-likeness (QED) is 0.493. The number of thioether (sulfide) groups is 1. The number of rotatable bonds is 6. The summed E-state index contributed by atoms with van der Waals surface area (Å²) in [7, 11) is 0. The third-order valence-electron chi connectivity index (χ3n) is 4.54. The lowest BCUT2D eigenvalue weighted by Crippen LogP contribution is -2.22. The lowest BCUT2D eigenvalue weighted by molar-refractivity contribution is -0.115. The molecule has 1 atom stereocenters. The van der Waals surface area contributed by atoms with E-state index in [9.17, 15) is 14.0 Å². The number of amides is 2. The molecule has 0 spiro atoms. The Morgan fingerprint density at radius 2 is 1.70 bits per heavy atom. The summed E-state index contributed by atoms with van der Waals surface area (Å²) < 4.78 is 13.8. The van der Waals surface area contributed by atoms with E-state index in [0.29, 0.717) is 5.69 Å². The Morgan fingerprint density at radius 3 is 2.47 bits per heavy atom. The normalized spacial score (nSPS) is 11.6. The minimum Gasteiger partial charge on any atom is -0.325 e. The van der Waals surface area contributed by atoms with Crippen molar-refractivity contribution in [2.24, 2.45) is 0 Å². The number of hydrogen-bond donors (Lipinski definition) is 2. The second-order valence-electron chi connectivity index (χ2n) is 7.03. The first kappa shape index (κ1) is 21.6. The summed E-state index contributed by atoms with van der Waals surface area (Å²) in [5.74, 6) is -1.19. The van der Waals surface area contributed by atoms with Crippen molar-refractivity contribution in [2.75, 3.05) is 10.6 Å². The van der Waals surface area contributed by atoms with Gasteiger partial charge in [0.2, 0.25) is 5.91 Å². The number of benzene rings is 3. The molecule has 0 saturated carbocycles. The monoisotopic (exact) mass is 422 g/mol. The van der Waals surface area contributed by atoms with E-state index < -0.39 is 11.7 Å². The fourth-order valence-electron chi connectivity index (χ4n) is 2.85. The van der Waals surface area contributed by atoms with Crippen LogP contribution in [0.4, 0.5) is 15.8 Å². The van der Waals surface area contributed by atoms with Crippen LogP contribution in [0.15, 0.2) is 71.6 Å². The van der Waals surface area contributed by atoms with Crippen molar-refractivity contribution in [3.63, 3.8) is 0 Å². The predicted molar refractivity (Wildman–Crippen MR) is 121 cm³/mol. The molecule has 1 unspecified atom stereocenters. The first-order valence-corrected chi connectivity index (χ1v) is 10.4. The highest BCUT2D eigenvalue weighted by molar-refractivity contribution is 8.00. The van der Waals surface area contributed by atoms with E-state index in [1.54, 1.807) is 24.3 Å². The Balaban J connectivity index is 1.65. The van der Waals surface area contributed by atoms with Crippen LogP contribution in [-0.2, 0) is 4.79 Å². The van der Waals surface area contributed by atoms with Crippen LogP contribution in [0.1, 0.15) is 28.4 Å². The predicted octanol–water partition coefficient (Wildman–Crippen LogP) is 5.81. The van der Waals surface area contributed by atoms with Gasteiger partial charge in [0.25, 0.3) is 5.91 Å². The van der Waals surface area contributed by atoms with E-state index in [-0.39, 0.29) is 16.7 Å². The van der Waals surface area contributed by atoms with Gasteiger partial charge in [0.1, 0.15) is 5.82 Å². The molecule has 0 saturated heterocycles. The molecule has 3 aromatic carbocycles. The molecule has 4 nitrogen and oxygen atoms in total. The maximum Gasteiger partial charge on any atom is 0.258 e. The fraction of sp³-hybridized carbons (Fsp3) is 0.167. The van der Waals surface area contributed by atoms with E-state index in [2.05, 4.69) is 10.6 Å². The highest BCUT2D eigenvalue weighted by atomic mass is 32.2. The van der Waals surface area contributed by atoms with Crippen molar-refractivity contribution in [2.45, 2.75) is 30.9 Å². The molecule has 0 bridgehead atoms. The lowest BCUT2D eigenvalue weighted by Gasteiger charge is -2.15. The largest absolute Gasteiger partial charge is 0.325 e. The summed E-state index contributed by atoms with van der Waals surface area (Å²) in [6, 6.07) is 18.9. The number of halogens is 1. The molecule has 0 heterocycles. The molecule has 2 amide bonds. The second kappa shape index (κ2) is 9.59. The van der Waals surface area contributed by atoms with Gasteiger partial charge in [0.15, 0.2) is 0 Å². The molecule has 0 aliphatic rings. The molecule has 0 aliphatic heterocycles. The van der Waals surface area contributed by atoms with Crippen LogP contribution in [0.2, 0.25) is 0 Å². The summed E-state index contributed by atoms with van der Waals surface area (Å²) in [4.78, 5) is 25.8. The van der Waals surface area contributed by atoms with Crippen LogP contribution >= 0.6 is 11.8 Å². The molecular weight excluding hydrogens is 399 g/mol. The number of carbonyl (C=O) groups excluding carboxylic acids is 2. The number of aryl methyl sites for hydroxylation is 2.